The minimum atomic E-state index is -1.19. The third kappa shape index (κ3) is 16.7. The summed E-state index contributed by atoms with van der Waals surface area (Å²) in [5.74, 6) is -3.57. The standard InChI is InChI=1S/2C12H8N2.3C6H5NO2.5H2O.Pr/c2*1-3-9-5-6-10-4-2-8-14-12(10)11(9)13-7-1;3*8-6(9)5-2-1-3-7-4-5;;;;;;/h2*1-8H;3*1-4H,(H,8,9);5*1H2;/q;;;;;;;;;;+3/p-1. The third-order valence-corrected chi connectivity index (χ3v) is 7.38. The zero-order chi connectivity index (χ0) is 38.8. The summed E-state index contributed by atoms with van der Waals surface area (Å²) in [6, 6.07) is 33.2. The molecule has 9 rings (SSSR count). The van der Waals surface area contributed by atoms with Crippen molar-refractivity contribution in [2.24, 2.45) is 0 Å². The molecule has 310 valence electrons. The second-order valence-corrected chi connectivity index (χ2v) is 11.0. The average molecular weight is 960 g/mol. The van der Waals surface area contributed by atoms with Gasteiger partial charge in [-0.05, 0) is 42.5 Å². The van der Waals surface area contributed by atoms with Gasteiger partial charge in [0.1, 0.15) is 0 Å². The molecule has 12 N–H and O–H groups in total. The number of benzene rings is 2. The Labute approximate surface area is 380 Å². The molecule has 0 saturated heterocycles. The molecule has 9 aromatic rings. The minimum absolute atomic E-state index is 0. The molecule has 0 unspecified atom stereocenters. The quantitative estimate of drug-likeness (QED) is 0.161. The smallest absolute Gasteiger partial charge is 0.545 e. The second kappa shape index (κ2) is 29.3. The van der Waals surface area contributed by atoms with Crippen molar-refractivity contribution in [3.05, 3.63) is 188 Å². The van der Waals surface area contributed by atoms with Gasteiger partial charge in [0.2, 0.25) is 0 Å². The number of carboxylic acids is 3. The van der Waals surface area contributed by atoms with Crippen molar-refractivity contribution < 1.29 is 98.4 Å². The van der Waals surface area contributed by atoms with Crippen molar-refractivity contribution in [3.8, 4) is 0 Å². The maximum absolute atomic E-state index is 10.0. The number of pyridine rings is 7. The van der Waals surface area contributed by atoms with Crippen molar-refractivity contribution in [3.63, 3.8) is 0 Å². The Morgan fingerprint density at radius 1 is 0.344 bits per heavy atom. The molecule has 18 nitrogen and oxygen atoms in total. The molecule has 0 atom stereocenters. The van der Waals surface area contributed by atoms with Crippen molar-refractivity contribution in [1.82, 2.24) is 34.9 Å². The Balaban J connectivity index is 0. The number of aromatic carboxylic acids is 3. The SMILES string of the molecule is O.O.O.O=C([O-])c1cccnc1.O=C([O-])c1cccnc1.O=C([O-])c1cccnc1.[OH3+].[OH3+].[Pr+3].c1cnc2c(c1)ccc1cccnc12.c1cnc2c(c1)ccc1cccnc12. The van der Waals surface area contributed by atoms with Crippen molar-refractivity contribution in [1.29, 1.82) is 0 Å². The van der Waals surface area contributed by atoms with Crippen molar-refractivity contribution >= 4 is 61.5 Å². The fraction of sp³-hybridized carbons (Fsp3) is 0. The van der Waals surface area contributed by atoms with Crippen LogP contribution in [-0.2, 0) is 11.0 Å². The molecule has 7 aromatic heterocycles. The first-order valence-corrected chi connectivity index (χ1v) is 16.3. The molecule has 7 heterocycles. The number of nitrogens with zero attached hydrogens (tertiary/aromatic N) is 7. The zero-order valence-electron chi connectivity index (χ0n) is 32.0. The summed E-state index contributed by atoms with van der Waals surface area (Å²) >= 11 is 0. The van der Waals surface area contributed by atoms with Gasteiger partial charge in [-0.1, -0.05) is 66.7 Å². The van der Waals surface area contributed by atoms with Crippen LogP contribution in [0.1, 0.15) is 31.1 Å². The van der Waals surface area contributed by atoms with Gasteiger partial charge >= 0.3 is 41.3 Å². The first-order chi connectivity index (χ1) is 26.8. The minimum Gasteiger partial charge on any atom is -0.545 e. The van der Waals surface area contributed by atoms with Crippen LogP contribution in [0.2, 0.25) is 0 Å². The molecule has 0 bridgehead atoms. The summed E-state index contributed by atoms with van der Waals surface area (Å²) in [4.78, 5) is 58.3. The van der Waals surface area contributed by atoms with Crippen molar-refractivity contribution in [2.75, 3.05) is 0 Å². The Kier molecular flexibility index (Phi) is 27.0. The van der Waals surface area contributed by atoms with Crippen LogP contribution in [0.25, 0.3) is 43.6 Å². The predicted octanol–water partition coefficient (Wildman–Crippen LogP) is -0.417. The molecule has 0 radical (unpaired) electrons. The Hall–Kier alpha value is -6.90. The zero-order valence-corrected chi connectivity index (χ0v) is 35.7. The number of hydrogen-bond donors (Lipinski definition) is 0. The van der Waals surface area contributed by atoms with Crippen LogP contribution >= 0.6 is 0 Å². The fourth-order valence-electron chi connectivity index (χ4n) is 4.81. The molecular weight excluding hydrogens is 919 g/mol. The molecule has 0 aliphatic heterocycles. The molecule has 2 aromatic carbocycles. The van der Waals surface area contributed by atoms with Gasteiger partial charge in [0.05, 0.1) is 40.0 Å². The molecular formula is C42H40N7O11Pr+2. The monoisotopic (exact) mass is 959 g/mol. The van der Waals surface area contributed by atoms with E-state index in [2.05, 4.69) is 83.4 Å². The van der Waals surface area contributed by atoms with E-state index in [1.54, 1.807) is 43.0 Å². The third-order valence-electron chi connectivity index (χ3n) is 7.38. The van der Waals surface area contributed by atoms with Crippen LogP contribution in [0.5, 0.6) is 0 Å². The summed E-state index contributed by atoms with van der Waals surface area (Å²) in [5.41, 5.74) is 4.24. The largest absolute Gasteiger partial charge is 3.00 e. The molecule has 0 aliphatic rings. The van der Waals surface area contributed by atoms with Crippen LogP contribution < -0.4 is 15.3 Å². The summed E-state index contributed by atoms with van der Waals surface area (Å²) < 4.78 is 0. The Morgan fingerprint density at radius 3 is 0.721 bits per heavy atom. The van der Waals surface area contributed by atoms with Crippen LogP contribution in [0, 0.1) is 41.3 Å². The molecule has 0 amide bonds. The van der Waals surface area contributed by atoms with Gasteiger partial charge in [0, 0.05) is 100 Å². The number of carbonyl (C=O) groups excluding carboxylic acids is 3. The van der Waals surface area contributed by atoms with E-state index in [1.807, 2.05) is 24.3 Å². The van der Waals surface area contributed by atoms with Gasteiger partial charge in [0.15, 0.2) is 0 Å². The number of rotatable bonds is 3. The number of carboxylic acid groups (broad SMARTS) is 3. The number of hydrogen-bond acceptors (Lipinski definition) is 13. The van der Waals surface area contributed by atoms with E-state index >= 15 is 0 Å². The fourth-order valence-corrected chi connectivity index (χ4v) is 4.81. The Morgan fingerprint density at radius 2 is 0.557 bits per heavy atom. The molecule has 0 saturated carbocycles. The molecule has 0 aliphatic carbocycles. The number of aromatic nitrogens is 7. The van der Waals surface area contributed by atoms with E-state index in [0.29, 0.717) is 0 Å². The van der Waals surface area contributed by atoms with Gasteiger partial charge in [-0.15, -0.1) is 0 Å². The van der Waals surface area contributed by atoms with Crippen molar-refractivity contribution in [2.45, 2.75) is 0 Å². The van der Waals surface area contributed by atoms with E-state index in [1.165, 1.54) is 55.4 Å². The molecule has 61 heavy (non-hydrogen) atoms. The summed E-state index contributed by atoms with van der Waals surface area (Å²) in [6.07, 6.45) is 15.5. The van der Waals surface area contributed by atoms with Gasteiger partial charge in [-0.2, -0.15) is 0 Å². The topological polar surface area (TPSA) is 371 Å². The summed E-state index contributed by atoms with van der Waals surface area (Å²) in [5, 5.41) is 34.7. The van der Waals surface area contributed by atoms with Crippen LogP contribution in [0.4, 0.5) is 0 Å². The van der Waals surface area contributed by atoms with Crippen LogP contribution in [-0.4, -0.2) is 69.2 Å². The molecule has 0 fully saturated rings. The number of fused-ring (bicyclic) bond motifs is 6. The molecule has 0 spiro atoms. The summed E-state index contributed by atoms with van der Waals surface area (Å²) in [7, 11) is 0. The maximum atomic E-state index is 10.0. The van der Waals surface area contributed by atoms with E-state index in [4.69, 9.17) is 0 Å². The normalized spacial score (nSPS) is 8.92. The van der Waals surface area contributed by atoms with Gasteiger partial charge in [0.25, 0.3) is 0 Å². The van der Waals surface area contributed by atoms with E-state index in [-0.39, 0.29) is 85.4 Å². The van der Waals surface area contributed by atoms with Gasteiger partial charge in [-0.3, -0.25) is 34.9 Å². The van der Waals surface area contributed by atoms with Gasteiger partial charge < -0.3 is 57.1 Å². The Bertz CT molecular complexity index is 2330. The first kappa shape index (κ1) is 56.2. The van der Waals surface area contributed by atoms with Gasteiger partial charge in [-0.25, -0.2) is 0 Å². The van der Waals surface area contributed by atoms with E-state index in [0.717, 1.165) is 43.6 Å². The summed E-state index contributed by atoms with van der Waals surface area (Å²) in [6.45, 7) is 0. The number of carbonyl (C=O) groups is 3. The van der Waals surface area contributed by atoms with E-state index < -0.39 is 17.9 Å². The second-order valence-electron chi connectivity index (χ2n) is 11.0. The molecule has 19 heteroatoms. The van der Waals surface area contributed by atoms with Crippen LogP contribution in [0.15, 0.2) is 171 Å². The predicted molar refractivity (Wildman–Crippen MR) is 220 cm³/mol. The van der Waals surface area contributed by atoms with E-state index in [9.17, 15) is 29.7 Å². The maximum Gasteiger partial charge on any atom is 3.00 e. The average Bonchev–Trinajstić information content (AvgIpc) is 3.25. The van der Waals surface area contributed by atoms with Crippen LogP contribution in [0.3, 0.4) is 0 Å². The first-order valence-electron chi connectivity index (χ1n) is 16.3.